The van der Waals surface area contributed by atoms with Crippen LogP contribution in [-0.4, -0.2) is 25.7 Å². The van der Waals surface area contributed by atoms with Crippen molar-refractivity contribution in [2.75, 3.05) is 0 Å². The summed E-state index contributed by atoms with van der Waals surface area (Å²) >= 11 is 1.31. The van der Waals surface area contributed by atoms with Crippen molar-refractivity contribution >= 4 is 17.2 Å². The molecule has 0 radical (unpaired) electrons. The van der Waals surface area contributed by atoms with E-state index < -0.39 is 0 Å². The summed E-state index contributed by atoms with van der Waals surface area (Å²) < 4.78 is 2.00. The zero-order valence-electron chi connectivity index (χ0n) is 13.9. The number of nitrogens with zero attached hydrogens (tertiary/aromatic N) is 4. The summed E-state index contributed by atoms with van der Waals surface area (Å²) in [6.45, 7) is 7.08. The fraction of sp³-hybridized carbons (Fsp3) is 0.294. The number of aryl methyl sites for hydroxylation is 2. The van der Waals surface area contributed by atoms with E-state index >= 15 is 0 Å². The minimum absolute atomic E-state index is 0.196. The van der Waals surface area contributed by atoms with Gasteiger partial charge in [-0.2, -0.15) is 0 Å². The Morgan fingerprint density at radius 1 is 1.17 bits per heavy atom. The highest BCUT2D eigenvalue weighted by molar-refractivity contribution is 7.13. The summed E-state index contributed by atoms with van der Waals surface area (Å²) in [6, 6.07) is 8.07. The number of hydrogen-bond acceptors (Lipinski definition) is 5. The molecule has 124 valence electrons. The molecule has 7 heteroatoms. The molecule has 0 aliphatic rings. The second-order valence-corrected chi connectivity index (χ2v) is 6.77. The number of carbonyl (C=O) groups is 1. The van der Waals surface area contributed by atoms with E-state index in [2.05, 4.69) is 20.5 Å². The van der Waals surface area contributed by atoms with Gasteiger partial charge in [-0.3, -0.25) is 4.79 Å². The van der Waals surface area contributed by atoms with Crippen molar-refractivity contribution in [2.24, 2.45) is 0 Å². The van der Waals surface area contributed by atoms with E-state index in [9.17, 15) is 4.79 Å². The lowest BCUT2D eigenvalue weighted by molar-refractivity contribution is 0.0950. The quantitative estimate of drug-likeness (QED) is 0.774. The number of aromatic nitrogens is 4. The van der Waals surface area contributed by atoms with Crippen molar-refractivity contribution in [2.45, 2.75) is 33.9 Å². The van der Waals surface area contributed by atoms with Gasteiger partial charge in [0.05, 0.1) is 18.6 Å². The molecule has 6 nitrogen and oxygen atoms in total. The van der Waals surface area contributed by atoms with Crippen molar-refractivity contribution in [1.29, 1.82) is 0 Å². The first-order valence-electron chi connectivity index (χ1n) is 7.67. The lowest BCUT2D eigenvalue weighted by Gasteiger charge is -2.03. The smallest absolute Gasteiger partial charge is 0.282 e. The number of nitrogens with one attached hydrogen (secondary N) is 1. The molecule has 24 heavy (non-hydrogen) atoms. The summed E-state index contributed by atoms with van der Waals surface area (Å²) in [6.07, 6.45) is 1.78. The Balaban J connectivity index is 1.61. The zero-order valence-corrected chi connectivity index (χ0v) is 14.7. The molecule has 0 aliphatic heterocycles. The molecule has 3 aromatic rings. The Morgan fingerprint density at radius 3 is 2.58 bits per heavy atom. The summed E-state index contributed by atoms with van der Waals surface area (Å²) in [5, 5.41) is 12.2. The maximum Gasteiger partial charge on any atom is 0.282 e. The summed E-state index contributed by atoms with van der Waals surface area (Å²) in [4.78, 5) is 16.5. The van der Waals surface area contributed by atoms with E-state index in [-0.39, 0.29) is 5.91 Å². The topological polar surface area (TPSA) is 72.7 Å². The zero-order chi connectivity index (χ0) is 17.1. The monoisotopic (exact) mass is 341 g/mol. The summed E-state index contributed by atoms with van der Waals surface area (Å²) in [7, 11) is 0. The molecule has 2 aromatic heterocycles. The van der Waals surface area contributed by atoms with Crippen LogP contribution in [0.3, 0.4) is 0 Å². The summed E-state index contributed by atoms with van der Waals surface area (Å²) in [5.74, 6) is -0.196. The van der Waals surface area contributed by atoms with E-state index in [1.54, 1.807) is 6.33 Å². The Hall–Kier alpha value is -2.54. The fourth-order valence-electron chi connectivity index (χ4n) is 2.22. The van der Waals surface area contributed by atoms with Crippen LogP contribution in [0.5, 0.6) is 0 Å². The average Bonchev–Trinajstić information content (AvgIpc) is 3.16. The van der Waals surface area contributed by atoms with Crippen molar-refractivity contribution < 1.29 is 4.79 Å². The van der Waals surface area contributed by atoms with Crippen LogP contribution < -0.4 is 5.32 Å². The van der Waals surface area contributed by atoms with Gasteiger partial charge in [0, 0.05) is 12.2 Å². The molecule has 2 heterocycles. The maximum atomic E-state index is 12.2. The van der Waals surface area contributed by atoms with Gasteiger partial charge in [-0.1, -0.05) is 41.2 Å². The van der Waals surface area contributed by atoms with Gasteiger partial charge in [0.25, 0.3) is 5.91 Å². The number of carbonyl (C=O) groups excluding carboxylic acids is 1. The van der Waals surface area contributed by atoms with Gasteiger partial charge in [-0.05, 0) is 26.3 Å². The molecule has 0 aliphatic carbocycles. The molecule has 0 spiro atoms. The molecule has 0 unspecified atom stereocenters. The molecule has 0 atom stereocenters. The number of imidazole rings is 1. The van der Waals surface area contributed by atoms with Crippen molar-refractivity contribution in [3.63, 3.8) is 0 Å². The Bertz CT molecular complexity index is 850. The van der Waals surface area contributed by atoms with Crippen LogP contribution in [0.4, 0.5) is 0 Å². The third-order valence-corrected chi connectivity index (χ3v) is 4.79. The predicted octanol–water partition coefficient (Wildman–Crippen LogP) is 2.64. The van der Waals surface area contributed by atoms with Crippen LogP contribution in [0, 0.1) is 20.8 Å². The van der Waals surface area contributed by atoms with Crippen molar-refractivity contribution in [3.05, 3.63) is 63.1 Å². The van der Waals surface area contributed by atoms with Gasteiger partial charge in [-0.15, -0.1) is 10.2 Å². The average molecular weight is 341 g/mol. The minimum atomic E-state index is -0.196. The van der Waals surface area contributed by atoms with E-state index in [0.717, 1.165) is 22.0 Å². The standard InChI is InChI=1S/C17H19N5OS/c1-11-4-6-14(7-5-11)8-18-16(23)17-21-20-15(24-17)9-22-10-19-12(2)13(22)3/h4-7,10H,8-9H2,1-3H3,(H,18,23). The third-order valence-electron chi connectivity index (χ3n) is 3.89. The van der Waals surface area contributed by atoms with Crippen molar-refractivity contribution in [1.82, 2.24) is 25.1 Å². The highest BCUT2D eigenvalue weighted by atomic mass is 32.1. The normalized spacial score (nSPS) is 10.8. The molecule has 0 saturated carbocycles. The molecule has 1 aromatic carbocycles. The Morgan fingerprint density at radius 2 is 1.92 bits per heavy atom. The predicted molar refractivity (Wildman–Crippen MR) is 93.1 cm³/mol. The molecule has 0 bridgehead atoms. The molecular weight excluding hydrogens is 322 g/mol. The van der Waals surface area contributed by atoms with Crippen LogP contribution in [0.25, 0.3) is 0 Å². The van der Waals surface area contributed by atoms with Gasteiger partial charge in [0.1, 0.15) is 5.01 Å². The fourth-order valence-corrected chi connectivity index (χ4v) is 2.98. The van der Waals surface area contributed by atoms with E-state index in [4.69, 9.17) is 0 Å². The number of hydrogen-bond donors (Lipinski definition) is 1. The highest BCUT2D eigenvalue weighted by Gasteiger charge is 2.13. The molecule has 0 fully saturated rings. The first kappa shape index (κ1) is 16.3. The van der Waals surface area contributed by atoms with Crippen LogP contribution in [0.1, 0.15) is 37.3 Å². The Kier molecular flexibility index (Phi) is 4.71. The van der Waals surface area contributed by atoms with Crippen LogP contribution in [0.2, 0.25) is 0 Å². The van der Waals surface area contributed by atoms with E-state index in [0.29, 0.717) is 18.1 Å². The molecular formula is C17H19N5OS. The summed E-state index contributed by atoms with van der Waals surface area (Å²) in [5.41, 5.74) is 4.35. The Labute approximate surface area is 144 Å². The number of rotatable bonds is 5. The van der Waals surface area contributed by atoms with Gasteiger partial charge < -0.3 is 9.88 Å². The van der Waals surface area contributed by atoms with E-state index in [1.165, 1.54) is 16.9 Å². The van der Waals surface area contributed by atoms with Gasteiger partial charge in [-0.25, -0.2) is 4.98 Å². The molecule has 1 amide bonds. The number of amides is 1. The number of benzene rings is 1. The van der Waals surface area contributed by atoms with E-state index in [1.807, 2.05) is 49.6 Å². The lowest BCUT2D eigenvalue weighted by atomic mass is 10.1. The first-order chi connectivity index (χ1) is 11.5. The van der Waals surface area contributed by atoms with Crippen LogP contribution in [0.15, 0.2) is 30.6 Å². The van der Waals surface area contributed by atoms with Gasteiger partial charge >= 0.3 is 0 Å². The SMILES string of the molecule is Cc1ccc(CNC(=O)c2nnc(Cn3cnc(C)c3C)s2)cc1. The highest BCUT2D eigenvalue weighted by Crippen LogP contribution is 2.14. The van der Waals surface area contributed by atoms with Gasteiger partial charge in [0.2, 0.25) is 5.01 Å². The second-order valence-electron chi connectivity index (χ2n) is 5.71. The second kappa shape index (κ2) is 6.92. The molecule has 1 N–H and O–H groups in total. The first-order valence-corrected chi connectivity index (χ1v) is 8.49. The largest absolute Gasteiger partial charge is 0.346 e. The third kappa shape index (κ3) is 3.68. The molecule has 3 rings (SSSR count). The minimum Gasteiger partial charge on any atom is -0.346 e. The van der Waals surface area contributed by atoms with Crippen LogP contribution >= 0.6 is 11.3 Å². The maximum absolute atomic E-state index is 12.2. The van der Waals surface area contributed by atoms with Crippen molar-refractivity contribution in [3.8, 4) is 0 Å². The lowest BCUT2D eigenvalue weighted by Crippen LogP contribution is -2.22. The van der Waals surface area contributed by atoms with Crippen LogP contribution in [-0.2, 0) is 13.1 Å². The molecule has 0 saturated heterocycles. The van der Waals surface area contributed by atoms with Gasteiger partial charge in [0.15, 0.2) is 0 Å².